The molecule has 1 aliphatic heterocycles. The van der Waals surface area contributed by atoms with Gasteiger partial charge in [-0.05, 0) is 36.4 Å². The van der Waals surface area contributed by atoms with Crippen LogP contribution in [0.1, 0.15) is 18.4 Å². The van der Waals surface area contributed by atoms with Crippen molar-refractivity contribution in [3.05, 3.63) is 54.2 Å². The van der Waals surface area contributed by atoms with Gasteiger partial charge in [-0.1, -0.05) is 30.3 Å². The van der Waals surface area contributed by atoms with Crippen molar-refractivity contribution >= 4 is 11.7 Å². The van der Waals surface area contributed by atoms with E-state index in [2.05, 4.69) is 23.5 Å². The van der Waals surface area contributed by atoms with Crippen molar-refractivity contribution in [3.8, 4) is 11.1 Å². The largest absolute Gasteiger partial charge is 0.465 e. The Balaban J connectivity index is 2.10. The molecule has 3 aliphatic rings. The number of nitrogens with one attached hydrogen (secondary N) is 1. The summed E-state index contributed by atoms with van der Waals surface area (Å²) in [6.45, 7) is 2.23. The van der Waals surface area contributed by atoms with E-state index in [0.29, 0.717) is 6.61 Å². The quantitative estimate of drug-likeness (QED) is 0.834. The van der Waals surface area contributed by atoms with Crippen molar-refractivity contribution in [1.82, 2.24) is 0 Å². The van der Waals surface area contributed by atoms with Gasteiger partial charge in [0, 0.05) is 5.56 Å². The van der Waals surface area contributed by atoms with E-state index in [1.165, 1.54) is 0 Å². The number of ether oxygens (including phenoxy) is 1. The molecule has 0 fully saturated rings. The number of esters is 1. The van der Waals surface area contributed by atoms with Crippen molar-refractivity contribution in [2.75, 3.05) is 11.9 Å². The topological polar surface area (TPSA) is 38.3 Å². The van der Waals surface area contributed by atoms with Crippen LogP contribution in [0.4, 0.5) is 5.69 Å². The zero-order valence-electron chi connectivity index (χ0n) is 10.7. The van der Waals surface area contributed by atoms with Gasteiger partial charge in [-0.25, -0.2) is 0 Å². The number of carbonyl (C=O) groups excluding carboxylic acids is 1. The predicted molar refractivity (Wildman–Crippen MR) is 75.2 cm³/mol. The van der Waals surface area contributed by atoms with Crippen LogP contribution in [-0.2, 0) is 9.53 Å². The highest BCUT2D eigenvalue weighted by molar-refractivity contribution is 5.93. The SMILES string of the molecule is CCOC(=O)C1C=CNc2c3cccccc-3cc21. The molecule has 1 N–H and O–H groups in total. The number of hydrogen-bond donors (Lipinski definition) is 1. The van der Waals surface area contributed by atoms with Gasteiger partial charge < -0.3 is 10.1 Å². The predicted octanol–water partition coefficient (Wildman–Crippen LogP) is 3.38. The first-order valence-electron chi connectivity index (χ1n) is 6.42. The number of fused-ring (bicyclic) bond motifs is 3. The smallest absolute Gasteiger partial charge is 0.317 e. The molecule has 96 valence electrons. The minimum absolute atomic E-state index is 0.193. The third-order valence-electron chi connectivity index (χ3n) is 3.33. The van der Waals surface area contributed by atoms with Gasteiger partial charge in [0.1, 0.15) is 5.92 Å². The highest BCUT2D eigenvalue weighted by Crippen LogP contribution is 2.42. The fraction of sp³-hybridized carbons (Fsp3) is 0.188. The Hall–Kier alpha value is -2.29. The first kappa shape index (κ1) is 11.8. The molecule has 0 bridgehead atoms. The van der Waals surface area contributed by atoms with E-state index in [-0.39, 0.29) is 11.9 Å². The van der Waals surface area contributed by atoms with Crippen molar-refractivity contribution in [1.29, 1.82) is 0 Å². The number of hydrogen-bond acceptors (Lipinski definition) is 3. The summed E-state index contributed by atoms with van der Waals surface area (Å²) in [5.74, 6) is -0.505. The second-order valence-electron chi connectivity index (χ2n) is 4.49. The fourth-order valence-electron chi connectivity index (χ4n) is 2.49. The molecule has 3 rings (SSSR count). The summed E-state index contributed by atoms with van der Waals surface area (Å²) in [5.41, 5.74) is 4.24. The molecular formula is C16H15NO2. The minimum Gasteiger partial charge on any atom is -0.465 e. The third-order valence-corrected chi connectivity index (χ3v) is 3.33. The van der Waals surface area contributed by atoms with Crippen molar-refractivity contribution in [3.63, 3.8) is 0 Å². The van der Waals surface area contributed by atoms with Crippen LogP contribution in [0, 0.1) is 0 Å². The Morgan fingerprint density at radius 2 is 2.16 bits per heavy atom. The van der Waals surface area contributed by atoms with Gasteiger partial charge in [0.05, 0.1) is 12.3 Å². The van der Waals surface area contributed by atoms with Gasteiger partial charge in [-0.2, -0.15) is 0 Å². The molecule has 0 saturated carbocycles. The van der Waals surface area contributed by atoms with Crippen LogP contribution in [0.15, 0.2) is 48.7 Å². The molecule has 0 aromatic heterocycles. The lowest BCUT2D eigenvalue weighted by atomic mass is 9.98. The van der Waals surface area contributed by atoms with E-state index >= 15 is 0 Å². The molecule has 2 aliphatic carbocycles. The zero-order chi connectivity index (χ0) is 13.2. The summed E-state index contributed by atoms with van der Waals surface area (Å²) in [6.07, 6.45) is 3.66. The van der Waals surface area contributed by atoms with E-state index in [4.69, 9.17) is 4.74 Å². The second kappa shape index (κ2) is 4.76. The molecule has 0 spiro atoms. The van der Waals surface area contributed by atoms with E-state index in [9.17, 15) is 4.79 Å². The Bertz CT molecular complexity index is 618. The molecule has 0 aromatic carbocycles. The lowest BCUT2D eigenvalue weighted by Crippen LogP contribution is -2.17. The molecule has 3 heteroatoms. The molecule has 0 amide bonds. The summed E-state index contributed by atoms with van der Waals surface area (Å²) in [4.78, 5) is 12.0. The van der Waals surface area contributed by atoms with Crippen molar-refractivity contribution in [2.24, 2.45) is 0 Å². The summed E-state index contributed by atoms with van der Waals surface area (Å²) < 4.78 is 5.13. The van der Waals surface area contributed by atoms with E-state index in [0.717, 1.165) is 22.4 Å². The van der Waals surface area contributed by atoms with Gasteiger partial charge >= 0.3 is 5.97 Å². The molecule has 19 heavy (non-hydrogen) atoms. The van der Waals surface area contributed by atoms with Crippen LogP contribution in [-0.4, -0.2) is 12.6 Å². The molecule has 3 nitrogen and oxygen atoms in total. The van der Waals surface area contributed by atoms with Gasteiger partial charge in [0.2, 0.25) is 0 Å². The van der Waals surface area contributed by atoms with Crippen LogP contribution in [0.3, 0.4) is 0 Å². The molecule has 1 unspecified atom stereocenters. The normalized spacial score (nSPS) is 16.8. The average Bonchev–Trinajstić information content (AvgIpc) is 2.61. The standard InChI is InChI=1S/C16H15NO2/c1-2-19-16(18)13-8-9-17-15-12-7-5-3-4-6-11(12)10-14(13)15/h3-10,13,17H,2H2,1H3. The number of carbonyl (C=O) groups is 1. The lowest BCUT2D eigenvalue weighted by Gasteiger charge is -2.17. The van der Waals surface area contributed by atoms with Crippen LogP contribution in [0.2, 0.25) is 0 Å². The maximum absolute atomic E-state index is 12.0. The molecule has 1 atom stereocenters. The maximum atomic E-state index is 12.0. The maximum Gasteiger partial charge on any atom is 0.317 e. The van der Waals surface area contributed by atoms with E-state index < -0.39 is 0 Å². The van der Waals surface area contributed by atoms with Crippen LogP contribution in [0.25, 0.3) is 11.1 Å². The fourth-order valence-corrected chi connectivity index (χ4v) is 2.49. The number of anilines is 1. The summed E-state index contributed by atoms with van der Waals surface area (Å²) >= 11 is 0. The van der Waals surface area contributed by atoms with Gasteiger partial charge in [0.25, 0.3) is 0 Å². The molecule has 0 aromatic rings. The Morgan fingerprint density at radius 1 is 1.32 bits per heavy atom. The summed E-state index contributed by atoms with van der Waals surface area (Å²) in [5, 5.41) is 3.24. The third kappa shape index (κ3) is 1.97. The Labute approximate surface area is 112 Å². The molecule has 1 heterocycles. The van der Waals surface area contributed by atoms with Crippen LogP contribution in [0.5, 0.6) is 0 Å². The number of rotatable bonds is 2. The lowest BCUT2D eigenvalue weighted by molar-refractivity contribution is -0.143. The first-order valence-corrected chi connectivity index (χ1v) is 6.42. The van der Waals surface area contributed by atoms with Crippen LogP contribution >= 0.6 is 0 Å². The minimum atomic E-state index is -0.311. The van der Waals surface area contributed by atoms with Crippen molar-refractivity contribution in [2.45, 2.75) is 12.8 Å². The van der Waals surface area contributed by atoms with Crippen molar-refractivity contribution < 1.29 is 9.53 Å². The second-order valence-corrected chi connectivity index (χ2v) is 4.49. The van der Waals surface area contributed by atoms with E-state index in [1.807, 2.05) is 37.4 Å². The van der Waals surface area contributed by atoms with Gasteiger partial charge in [-0.3, -0.25) is 4.79 Å². The summed E-state index contributed by atoms with van der Waals surface area (Å²) in [7, 11) is 0. The Morgan fingerprint density at radius 3 is 3.00 bits per heavy atom. The highest BCUT2D eigenvalue weighted by Gasteiger charge is 2.28. The molecule has 0 saturated heterocycles. The van der Waals surface area contributed by atoms with Crippen LogP contribution < -0.4 is 5.32 Å². The monoisotopic (exact) mass is 253 g/mol. The first-order chi connectivity index (χ1) is 9.31. The zero-order valence-corrected chi connectivity index (χ0v) is 10.7. The van der Waals surface area contributed by atoms with Gasteiger partial charge in [0.15, 0.2) is 0 Å². The van der Waals surface area contributed by atoms with Gasteiger partial charge in [-0.15, -0.1) is 0 Å². The van der Waals surface area contributed by atoms with E-state index in [1.54, 1.807) is 0 Å². The summed E-state index contributed by atoms with van der Waals surface area (Å²) in [6, 6.07) is 12.2. The average molecular weight is 253 g/mol. The highest BCUT2D eigenvalue weighted by atomic mass is 16.5. The molecular weight excluding hydrogens is 238 g/mol. The molecule has 0 radical (unpaired) electrons. The Kier molecular flexibility index (Phi) is 2.95.